The van der Waals surface area contributed by atoms with Crippen LogP contribution in [-0.2, 0) is 14.4 Å². The number of nitrogens with one attached hydrogen (secondary N) is 1. The average Bonchev–Trinajstić information content (AvgIpc) is 3.54. The monoisotopic (exact) mass is 539 g/mol. The molecule has 0 saturated carbocycles. The number of thiazole rings is 2. The predicted octanol–water partition coefficient (Wildman–Crippen LogP) is -3.27. The van der Waals surface area contributed by atoms with Crippen LogP contribution in [0.25, 0.3) is 10.9 Å². The van der Waals surface area contributed by atoms with Crippen LogP contribution in [0.2, 0.25) is 0 Å². The van der Waals surface area contributed by atoms with Crippen LogP contribution >= 0.6 is 34.4 Å². The maximum absolute atomic E-state index is 12.8. The number of allylic oxidation sites excluding steroid dienone is 1. The summed E-state index contributed by atoms with van der Waals surface area (Å²) in [5.41, 5.74) is 6.20. The Morgan fingerprint density at radius 3 is 2.80 bits per heavy atom. The maximum Gasteiger partial charge on any atom is 1.00 e. The van der Waals surface area contributed by atoms with Crippen molar-refractivity contribution < 1.29 is 54.3 Å². The predicted molar refractivity (Wildman–Crippen MR) is 124 cm³/mol. The van der Waals surface area contributed by atoms with Crippen molar-refractivity contribution in [1.82, 2.24) is 24.6 Å². The molecule has 0 aliphatic carbocycles. The minimum atomic E-state index is -1.49. The molecule has 174 valence electrons. The van der Waals surface area contributed by atoms with Gasteiger partial charge in [-0.1, -0.05) is 11.2 Å². The Kier molecular flexibility index (Phi) is 7.35. The molecule has 2 atom stereocenters. The van der Waals surface area contributed by atoms with Gasteiger partial charge in [0.05, 0.1) is 23.6 Å². The summed E-state index contributed by atoms with van der Waals surface area (Å²) in [4.78, 5) is 47.3. The number of aliphatic carboxylic acids is 1. The maximum atomic E-state index is 12.8. The number of carboxylic acids is 1. The molecule has 4 N–H and O–H groups in total. The summed E-state index contributed by atoms with van der Waals surface area (Å²) in [5.74, 6) is -2.66. The zero-order valence-electron chi connectivity index (χ0n) is 17.9. The fraction of sp³-hybridized carbons (Fsp3) is 0.158. The van der Waals surface area contributed by atoms with Crippen molar-refractivity contribution in [3.05, 3.63) is 52.0 Å². The van der Waals surface area contributed by atoms with Crippen molar-refractivity contribution in [3.63, 3.8) is 0 Å². The number of β-lactam (4-membered cyclic amide) rings is 1. The van der Waals surface area contributed by atoms with Crippen LogP contribution in [0.4, 0.5) is 5.13 Å². The number of hydrogen-bond donors (Lipinski definition) is 3. The van der Waals surface area contributed by atoms with Crippen molar-refractivity contribution in [2.24, 2.45) is 5.16 Å². The van der Waals surface area contributed by atoms with E-state index in [0.717, 1.165) is 26.8 Å². The van der Waals surface area contributed by atoms with E-state index < -0.39 is 34.9 Å². The molecule has 5 heterocycles. The minimum absolute atomic E-state index is 0. The number of anilines is 1. The smallest absolute Gasteiger partial charge is 0.543 e. The number of carbonyl (C=O) groups is 3. The normalized spacial score (nSPS) is 20.1. The summed E-state index contributed by atoms with van der Waals surface area (Å²) in [6, 6.07) is -1.01. The minimum Gasteiger partial charge on any atom is -0.543 e. The largest absolute Gasteiger partial charge is 1.00 e. The van der Waals surface area contributed by atoms with Crippen LogP contribution in [0.15, 0.2) is 45.8 Å². The van der Waals surface area contributed by atoms with Gasteiger partial charge in [0.1, 0.15) is 28.3 Å². The Labute approximate surface area is 231 Å². The van der Waals surface area contributed by atoms with Crippen LogP contribution in [0.5, 0.6) is 0 Å². The molecule has 5 rings (SSSR count). The van der Waals surface area contributed by atoms with Gasteiger partial charge in [0, 0.05) is 16.5 Å². The Morgan fingerprint density at radius 2 is 2.11 bits per heavy atom. The zero-order valence-corrected chi connectivity index (χ0v) is 22.4. The fourth-order valence-electron chi connectivity index (χ4n) is 3.63. The molecule has 16 heteroatoms. The molecule has 2 aliphatic heterocycles. The van der Waals surface area contributed by atoms with Gasteiger partial charge in [0.15, 0.2) is 10.8 Å². The van der Waals surface area contributed by atoms with Gasteiger partial charge in [-0.2, -0.15) is 0 Å². The third kappa shape index (κ3) is 4.50. The molecule has 2 amide bonds. The number of carboxylic acid groups (broad SMARTS) is 1. The molecule has 0 bridgehead atoms. The van der Waals surface area contributed by atoms with Crippen LogP contribution in [0.1, 0.15) is 11.4 Å². The molecular formula is C19H14N7NaO5S3. The van der Waals surface area contributed by atoms with Gasteiger partial charge in [-0.05, 0) is 11.6 Å². The molecule has 0 aromatic carbocycles. The van der Waals surface area contributed by atoms with Crippen molar-refractivity contribution in [2.45, 2.75) is 11.4 Å². The van der Waals surface area contributed by atoms with Crippen molar-refractivity contribution in [2.75, 3.05) is 11.5 Å². The summed E-state index contributed by atoms with van der Waals surface area (Å²) in [6.45, 7) is 0. The number of nitrogens with two attached hydrogens (primary N) is 1. The van der Waals surface area contributed by atoms with Gasteiger partial charge >= 0.3 is 29.6 Å². The molecule has 35 heavy (non-hydrogen) atoms. The number of imidazole rings is 1. The quantitative estimate of drug-likeness (QED) is 0.0953. The third-order valence-electron chi connectivity index (χ3n) is 5.20. The number of rotatable bonds is 6. The van der Waals surface area contributed by atoms with Crippen LogP contribution < -0.4 is 45.7 Å². The van der Waals surface area contributed by atoms with E-state index in [1.807, 2.05) is 9.78 Å². The first kappa shape index (κ1) is 25.4. The van der Waals surface area contributed by atoms with E-state index in [0.29, 0.717) is 5.57 Å². The van der Waals surface area contributed by atoms with E-state index in [2.05, 4.69) is 20.4 Å². The summed E-state index contributed by atoms with van der Waals surface area (Å²) in [7, 11) is 0. The zero-order chi connectivity index (χ0) is 24.0. The standard InChI is InChI=1S/C19H15N7O5S3.Na/c20-19-22-10(6-34-19)12(24-31)15(27)23-13-16(28)26-14(18(29)30)8(4-33-17(13)26)1-2-9-5-32-11-3-21-7-25(9)11;/h1-3,5-7,13,17,31H,4H2,(H2,20,22)(H,23,27)(H,29,30);/q;+1/p-1/b2-1?,24-12-;/t13-,17-;/m1./s1. The molecule has 3 aromatic heterocycles. The Bertz CT molecular complexity index is 1420. The molecule has 12 nitrogen and oxygen atoms in total. The molecular weight excluding hydrogens is 525 g/mol. The second-order valence-electron chi connectivity index (χ2n) is 7.14. The van der Waals surface area contributed by atoms with Crippen LogP contribution in [-0.4, -0.2) is 65.1 Å². The van der Waals surface area contributed by atoms with Gasteiger partial charge in [0.25, 0.3) is 11.8 Å². The number of amides is 2. The van der Waals surface area contributed by atoms with E-state index in [9.17, 15) is 24.7 Å². The molecule has 0 unspecified atom stereocenters. The van der Waals surface area contributed by atoms with Gasteiger partial charge in [0.2, 0.25) is 0 Å². The van der Waals surface area contributed by atoms with E-state index >= 15 is 0 Å². The molecule has 1 saturated heterocycles. The number of aromatic nitrogens is 3. The first-order chi connectivity index (χ1) is 16.4. The number of nitrogens with zero attached hydrogens (tertiary/aromatic N) is 5. The first-order valence-electron chi connectivity index (χ1n) is 9.60. The summed E-state index contributed by atoms with van der Waals surface area (Å²) in [5, 5.41) is 29.5. The molecule has 3 aromatic rings. The Balaban J connectivity index is 0.00000289. The number of hydrogen-bond acceptors (Lipinski definition) is 12. The SMILES string of the molecule is Nc1nc(/C(=N/O)C(=O)N[C@@H]2C(=O)N3C(C(=O)[O-])=C(C=Cc4csc5cncn45)CS[C@H]23)cs1.[Na+]. The van der Waals surface area contributed by atoms with Crippen LogP contribution in [0, 0.1) is 0 Å². The average molecular weight is 540 g/mol. The number of fused-ring (bicyclic) bond motifs is 2. The van der Waals surface area contributed by atoms with Crippen LogP contribution in [0.3, 0.4) is 0 Å². The van der Waals surface area contributed by atoms with E-state index in [-0.39, 0.29) is 51.8 Å². The van der Waals surface area contributed by atoms with Crippen molar-refractivity contribution in [3.8, 4) is 0 Å². The van der Waals surface area contributed by atoms with E-state index in [1.54, 1.807) is 24.7 Å². The topological polar surface area (TPSA) is 178 Å². The molecule has 0 radical (unpaired) electrons. The van der Waals surface area contributed by atoms with Crippen molar-refractivity contribution in [1.29, 1.82) is 0 Å². The van der Waals surface area contributed by atoms with Gasteiger partial charge in [-0.15, -0.1) is 34.4 Å². The molecule has 2 aliphatic rings. The molecule has 0 spiro atoms. The second-order valence-corrected chi connectivity index (χ2v) is 10.0. The summed E-state index contributed by atoms with van der Waals surface area (Å²) in [6.07, 6.45) is 6.76. The third-order valence-corrected chi connectivity index (χ3v) is 8.07. The Hall–Kier alpha value is -2.69. The fourth-order valence-corrected chi connectivity index (χ4v) is 6.31. The first-order valence-corrected chi connectivity index (χ1v) is 12.4. The van der Waals surface area contributed by atoms with Crippen molar-refractivity contribution >= 4 is 74.0 Å². The Morgan fingerprint density at radius 1 is 1.31 bits per heavy atom. The van der Waals surface area contributed by atoms with Gasteiger partial charge in [-0.25, -0.2) is 9.97 Å². The number of thioether (sulfide) groups is 1. The number of nitrogen functional groups attached to an aromatic ring is 1. The summed E-state index contributed by atoms with van der Waals surface area (Å²) < 4.78 is 1.86. The number of oxime groups is 1. The van der Waals surface area contributed by atoms with Gasteiger partial charge in [-0.3, -0.25) is 18.9 Å². The number of carbonyl (C=O) groups excluding carboxylic acids is 3. The van der Waals surface area contributed by atoms with E-state index in [4.69, 9.17) is 5.73 Å². The molecule has 1 fully saturated rings. The van der Waals surface area contributed by atoms with E-state index in [1.165, 1.54) is 28.5 Å². The second kappa shape index (κ2) is 10.1. The van der Waals surface area contributed by atoms with Gasteiger partial charge < -0.3 is 26.2 Å². The summed E-state index contributed by atoms with van der Waals surface area (Å²) >= 11 is 3.85.